The van der Waals surface area contributed by atoms with Crippen LogP contribution in [0.15, 0.2) is 16.9 Å². The predicted octanol–water partition coefficient (Wildman–Crippen LogP) is 2.47. The van der Waals surface area contributed by atoms with E-state index in [-0.39, 0.29) is 23.6 Å². The fraction of sp³-hybridized carbons (Fsp3) is 0.500. The van der Waals surface area contributed by atoms with Crippen LogP contribution in [0.3, 0.4) is 0 Å². The third kappa shape index (κ3) is 5.12. The summed E-state index contributed by atoms with van der Waals surface area (Å²) < 4.78 is 0.489. The van der Waals surface area contributed by atoms with Crippen molar-refractivity contribution >= 4 is 33.2 Å². The number of hydrogen-bond donors (Lipinski definition) is 2. The van der Waals surface area contributed by atoms with Crippen molar-refractivity contribution < 1.29 is 9.72 Å². The second kappa shape index (κ2) is 6.65. The Hall–Kier alpha value is -1.70. The van der Waals surface area contributed by atoms with Gasteiger partial charge in [-0.15, -0.1) is 0 Å². The Labute approximate surface area is 125 Å². The van der Waals surface area contributed by atoms with Crippen LogP contribution in [-0.2, 0) is 4.79 Å². The summed E-state index contributed by atoms with van der Waals surface area (Å²) in [6, 6.07) is 0. The molecule has 0 saturated carbocycles. The normalized spacial score (nSPS) is 11.0. The third-order valence-electron chi connectivity index (χ3n) is 2.24. The van der Waals surface area contributed by atoms with Crippen molar-refractivity contribution in [2.75, 3.05) is 11.9 Å². The van der Waals surface area contributed by atoms with Crippen molar-refractivity contribution in [3.05, 3.63) is 27.0 Å². The van der Waals surface area contributed by atoms with Crippen LogP contribution in [0, 0.1) is 10.1 Å². The number of rotatable bonds is 5. The van der Waals surface area contributed by atoms with E-state index in [1.54, 1.807) is 0 Å². The highest BCUT2D eigenvalue weighted by molar-refractivity contribution is 9.10. The maximum Gasteiger partial charge on any atom is 0.311 e. The molecule has 110 valence electrons. The zero-order valence-electron chi connectivity index (χ0n) is 11.6. The molecule has 1 aromatic heterocycles. The van der Waals surface area contributed by atoms with E-state index in [9.17, 15) is 14.9 Å². The zero-order valence-corrected chi connectivity index (χ0v) is 13.2. The van der Waals surface area contributed by atoms with E-state index >= 15 is 0 Å². The molecule has 8 heteroatoms. The minimum absolute atomic E-state index is 0.113. The number of amides is 1. The minimum Gasteiger partial charge on any atom is -0.378 e. The van der Waals surface area contributed by atoms with Gasteiger partial charge in [-0.25, -0.2) is 0 Å². The van der Waals surface area contributed by atoms with Crippen LogP contribution in [0.5, 0.6) is 0 Å². The van der Waals surface area contributed by atoms with E-state index in [0.717, 1.165) is 0 Å². The second-order valence-electron chi connectivity index (χ2n) is 5.25. The summed E-state index contributed by atoms with van der Waals surface area (Å²) in [4.78, 5) is 25.8. The highest BCUT2D eigenvalue weighted by Gasteiger charge is 2.18. The first kappa shape index (κ1) is 16.4. The number of hydrogen-bond acceptors (Lipinski definition) is 5. The fourth-order valence-corrected chi connectivity index (χ4v) is 1.98. The van der Waals surface area contributed by atoms with Gasteiger partial charge < -0.3 is 10.6 Å². The van der Waals surface area contributed by atoms with Crippen molar-refractivity contribution in [2.45, 2.75) is 32.7 Å². The van der Waals surface area contributed by atoms with Gasteiger partial charge in [0.1, 0.15) is 11.9 Å². The molecule has 1 heterocycles. The number of halogens is 1. The zero-order chi connectivity index (χ0) is 15.3. The van der Waals surface area contributed by atoms with Gasteiger partial charge in [0.2, 0.25) is 5.91 Å². The molecule has 0 aliphatic heterocycles. The van der Waals surface area contributed by atoms with Crippen LogP contribution < -0.4 is 10.6 Å². The summed E-state index contributed by atoms with van der Waals surface area (Å²) in [5.74, 6) is -0.113. The number of pyridine rings is 1. The summed E-state index contributed by atoms with van der Waals surface area (Å²) >= 11 is 3.20. The predicted molar refractivity (Wildman–Crippen MR) is 79.6 cm³/mol. The molecule has 0 aromatic carbocycles. The van der Waals surface area contributed by atoms with Gasteiger partial charge in [0, 0.05) is 24.7 Å². The van der Waals surface area contributed by atoms with Crippen LogP contribution >= 0.6 is 15.9 Å². The lowest BCUT2D eigenvalue weighted by Crippen LogP contribution is -2.41. The van der Waals surface area contributed by atoms with Crippen LogP contribution in [0.2, 0.25) is 0 Å². The van der Waals surface area contributed by atoms with E-state index in [1.807, 2.05) is 20.8 Å². The number of nitrogens with one attached hydrogen (secondary N) is 2. The molecule has 1 rings (SSSR count). The van der Waals surface area contributed by atoms with Crippen LogP contribution in [0.4, 0.5) is 11.4 Å². The van der Waals surface area contributed by atoms with Crippen molar-refractivity contribution in [3.8, 4) is 0 Å². The van der Waals surface area contributed by atoms with Crippen molar-refractivity contribution in [1.29, 1.82) is 0 Å². The minimum atomic E-state index is -0.519. The van der Waals surface area contributed by atoms with Gasteiger partial charge in [0.25, 0.3) is 0 Å². The number of nitro groups is 1. The molecule has 7 nitrogen and oxygen atoms in total. The van der Waals surface area contributed by atoms with Crippen molar-refractivity contribution in [1.82, 2.24) is 10.3 Å². The standard InChI is InChI=1S/C12H17BrN4O3/c1-12(2,3)16-10(18)4-5-15-11-8(13)6-14-7-9(11)17(19)20/h6-7H,4-5H2,1-3H3,(H,14,15)(H,16,18). The molecule has 2 N–H and O–H groups in total. The number of anilines is 1. The summed E-state index contributed by atoms with van der Waals surface area (Å²) in [5, 5.41) is 16.6. The Morgan fingerprint density at radius 2 is 2.10 bits per heavy atom. The van der Waals surface area contributed by atoms with Gasteiger partial charge in [0.15, 0.2) is 0 Å². The average Bonchev–Trinajstić information content (AvgIpc) is 2.28. The van der Waals surface area contributed by atoms with E-state index < -0.39 is 4.92 Å². The van der Waals surface area contributed by atoms with Gasteiger partial charge in [-0.05, 0) is 36.7 Å². The third-order valence-corrected chi connectivity index (χ3v) is 2.85. The van der Waals surface area contributed by atoms with Crippen LogP contribution in [-0.4, -0.2) is 27.9 Å². The number of carbonyl (C=O) groups is 1. The molecular weight excluding hydrogens is 328 g/mol. The Balaban J connectivity index is 2.63. The van der Waals surface area contributed by atoms with E-state index in [1.165, 1.54) is 12.4 Å². The molecule has 0 bridgehead atoms. The average molecular weight is 345 g/mol. The van der Waals surface area contributed by atoms with Crippen molar-refractivity contribution in [3.63, 3.8) is 0 Å². The number of carbonyl (C=O) groups excluding carboxylic acids is 1. The Morgan fingerprint density at radius 3 is 2.65 bits per heavy atom. The Bertz CT molecular complexity index is 514. The van der Waals surface area contributed by atoms with Gasteiger partial charge in [0.05, 0.1) is 9.40 Å². The quantitative estimate of drug-likeness (QED) is 0.631. The van der Waals surface area contributed by atoms with E-state index in [4.69, 9.17) is 0 Å². The lowest BCUT2D eigenvalue weighted by atomic mass is 10.1. The molecule has 0 spiro atoms. The molecule has 1 amide bonds. The molecule has 0 fully saturated rings. The highest BCUT2D eigenvalue weighted by Crippen LogP contribution is 2.30. The first-order valence-corrected chi connectivity index (χ1v) is 6.83. The first-order chi connectivity index (χ1) is 9.20. The van der Waals surface area contributed by atoms with E-state index in [0.29, 0.717) is 16.7 Å². The molecule has 0 saturated heterocycles. The summed E-state index contributed by atoms with van der Waals surface area (Å²) in [5.41, 5.74) is -0.0930. The molecular formula is C12H17BrN4O3. The summed E-state index contributed by atoms with van der Waals surface area (Å²) in [7, 11) is 0. The molecule has 0 atom stereocenters. The molecule has 0 radical (unpaired) electrons. The largest absolute Gasteiger partial charge is 0.378 e. The van der Waals surface area contributed by atoms with Gasteiger partial charge in [-0.3, -0.25) is 19.9 Å². The molecule has 0 aliphatic carbocycles. The maximum atomic E-state index is 11.6. The smallest absolute Gasteiger partial charge is 0.311 e. The Morgan fingerprint density at radius 1 is 1.45 bits per heavy atom. The Kier molecular flexibility index (Phi) is 5.43. The monoisotopic (exact) mass is 344 g/mol. The van der Waals surface area contributed by atoms with Crippen LogP contribution in [0.1, 0.15) is 27.2 Å². The van der Waals surface area contributed by atoms with Crippen molar-refractivity contribution in [2.24, 2.45) is 0 Å². The van der Waals surface area contributed by atoms with Gasteiger partial charge in [-0.1, -0.05) is 0 Å². The lowest BCUT2D eigenvalue weighted by Gasteiger charge is -2.20. The number of aromatic nitrogens is 1. The summed E-state index contributed by atoms with van der Waals surface area (Å²) in [6.07, 6.45) is 2.86. The molecule has 0 aliphatic rings. The van der Waals surface area contributed by atoms with Crippen LogP contribution in [0.25, 0.3) is 0 Å². The van der Waals surface area contributed by atoms with Gasteiger partial charge in [-0.2, -0.15) is 0 Å². The second-order valence-corrected chi connectivity index (χ2v) is 6.10. The first-order valence-electron chi connectivity index (χ1n) is 6.03. The lowest BCUT2D eigenvalue weighted by molar-refractivity contribution is -0.384. The SMILES string of the molecule is CC(C)(C)NC(=O)CCNc1c(Br)cncc1[N+](=O)[O-]. The molecule has 0 unspecified atom stereocenters. The van der Waals surface area contributed by atoms with E-state index in [2.05, 4.69) is 31.5 Å². The fourth-order valence-electron chi connectivity index (χ4n) is 1.52. The van der Waals surface area contributed by atoms with Gasteiger partial charge >= 0.3 is 5.69 Å². The summed E-state index contributed by atoms with van der Waals surface area (Å²) in [6.45, 7) is 5.97. The highest BCUT2D eigenvalue weighted by atomic mass is 79.9. The molecule has 1 aromatic rings. The maximum absolute atomic E-state index is 11.6. The number of nitrogens with zero attached hydrogens (tertiary/aromatic N) is 2. The topological polar surface area (TPSA) is 97.2 Å². The molecule has 20 heavy (non-hydrogen) atoms.